The first-order valence-electron chi connectivity index (χ1n) is 11.9. The highest BCUT2D eigenvalue weighted by molar-refractivity contribution is 5.98. The number of rotatable bonds is 7. The van der Waals surface area contributed by atoms with Crippen molar-refractivity contribution in [3.8, 4) is 0 Å². The normalized spacial score (nSPS) is 13.0. The van der Waals surface area contributed by atoms with E-state index < -0.39 is 18.4 Å². The van der Waals surface area contributed by atoms with Crippen molar-refractivity contribution in [1.29, 1.82) is 0 Å². The Morgan fingerprint density at radius 1 is 1.03 bits per heavy atom. The third-order valence-corrected chi connectivity index (χ3v) is 5.64. The third kappa shape index (κ3) is 5.30. The molecule has 0 spiro atoms. The predicted octanol–water partition coefficient (Wildman–Crippen LogP) is 4.89. The highest BCUT2D eigenvalue weighted by Crippen LogP contribution is 2.22. The molecule has 0 saturated heterocycles. The molecular formula is C28H27N3O3. The van der Waals surface area contributed by atoms with Crippen LogP contribution in [0.2, 0.25) is 0 Å². The number of ether oxygens (including phenoxy) is 1. The molecule has 6 nitrogen and oxygen atoms in total. The van der Waals surface area contributed by atoms with Gasteiger partial charge >= 0.3 is 5.97 Å². The first kappa shape index (κ1) is 20.6. The van der Waals surface area contributed by atoms with Crippen LogP contribution in [0, 0.1) is 13.8 Å². The van der Waals surface area contributed by atoms with Gasteiger partial charge in [0, 0.05) is 30.0 Å². The van der Waals surface area contributed by atoms with E-state index >= 15 is 0 Å². The number of nitrogens with zero attached hydrogens (tertiary/aromatic N) is 1. The number of aromatic nitrogens is 1. The first-order valence-corrected chi connectivity index (χ1v) is 10.9. The van der Waals surface area contributed by atoms with E-state index in [4.69, 9.17) is 13.2 Å². The number of nitrogens with two attached hydrogens (primary N) is 1. The molecule has 0 unspecified atom stereocenters. The zero-order chi connectivity index (χ0) is 25.9. The molecule has 3 N–H and O–H groups in total. The fourth-order valence-electron chi connectivity index (χ4n) is 3.77. The summed E-state index contributed by atoms with van der Waals surface area (Å²) in [6, 6.07) is 18.9. The molecule has 1 aromatic heterocycles. The Bertz CT molecular complexity index is 1420. The van der Waals surface area contributed by atoms with Crippen LogP contribution in [0.15, 0.2) is 79.1 Å². The number of nitrogens with one attached hydrogen (secondary N) is 1. The monoisotopic (exact) mass is 455 g/mol. The van der Waals surface area contributed by atoms with E-state index in [2.05, 4.69) is 10.3 Å². The number of hydrogen-bond acceptors (Lipinski definition) is 5. The lowest BCUT2D eigenvalue weighted by atomic mass is 9.97. The van der Waals surface area contributed by atoms with Crippen LogP contribution in [-0.2, 0) is 16.1 Å². The lowest BCUT2D eigenvalue weighted by Crippen LogP contribution is -2.27. The number of carbonyl (C=O) groups excluding carboxylic acids is 2. The van der Waals surface area contributed by atoms with Crippen molar-refractivity contribution in [1.82, 2.24) is 4.98 Å². The van der Waals surface area contributed by atoms with Crippen molar-refractivity contribution in [3.05, 3.63) is 107 Å². The number of hydrogen-bond donors (Lipinski definition) is 2. The molecule has 0 aliphatic carbocycles. The van der Waals surface area contributed by atoms with Gasteiger partial charge in [-0.2, -0.15) is 0 Å². The number of carbonyl (C=O) groups is 2. The van der Waals surface area contributed by atoms with E-state index in [1.807, 2.05) is 31.2 Å². The number of fused-ring (bicyclic) bond motifs is 1. The van der Waals surface area contributed by atoms with Gasteiger partial charge in [0.1, 0.15) is 6.56 Å². The molecule has 172 valence electrons. The highest BCUT2D eigenvalue weighted by atomic mass is 16.5. The average molecular weight is 456 g/mol. The van der Waals surface area contributed by atoms with Crippen LogP contribution in [0.4, 0.5) is 5.69 Å². The maximum Gasteiger partial charge on any atom is 0.338 e. The topological polar surface area (TPSA) is 94.3 Å². The zero-order valence-electron chi connectivity index (χ0n) is 21.0. The van der Waals surface area contributed by atoms with Crippen LogP contribution in [0.1, 0.15) is 41.3 Å². The van der Waals surface area contributed by atoms with Gasteiger partial charge in [0.15, 0.2) is 0 Å². The SMILES string of the molecule is [2H]C([2H])(OC(=O)c1ccc(C)cc1C)c1ccc([C@@H](CN)C(=O)Nc2ccc3cnccc3c2)cc1. The molecule has 0 radical (unpaired) electrons. The number of pyridine rings is 1. The van der Waals surface area contributed by atoms with Crippen LogP contribution in [0.3, 0.4) is 0 Å². The summed E-state index contributed by atoms with van der Waals surface area (Å²) >= 11 is 0. The lowest BCUT2D eigenvalue weighted by molar-refractivity contribution is -0.117. The summed E-state index contributed by atoms with van der Waals surface area (Å²) in [7, 11) is 0. The van der Waals surface area contributed by atoms with Crippen molar-refractivity contribution < 1.29 is 17.1 Å². The van der Waals surface area contributed by atoms with Crippen molar-refractivity contribution in [3.63, 3.8) is 0 Å². The van der Waals surface area contributed by atoms with E-state index in [9.17, 15) is 9.59 Å². The van der Waals surface area contributed by atoms with Gasteiger partial charge in [-0.15, -0.1) is 0 Å². The fraction of sp³-hybridized carbons (Fsp3) is 0.179. The number of esters is 1. The quantitative estimate of drug-likeness (QED) is 0.387. The smallest absolute Gasteiger partial charge is 0.338 e. The van der Waals surface area contributed by atoms with E-state index in [1.54, 1.807) is 49.6 Å². The zero-order valence-corrected chi connectivity index (χ0v) is 19.0. The number of benzene rings is 3. The minimum Gasteiger partial charge on any atom is -0.457 e. The van der Waals surface area contributed by atoms with Crippen molar-refractivity contribution in [2.45, 2.75) is 26.3 Å². The van der Waals surface area contributed by atoms with E-state index in [1.165, 1.54) is 12.1 Å². The Morgan fingerprint density at radius 3 is 2.56 bits per heavy atom. The number of anilines is 1. The Balaban J connectivity index is 1.47. The third-order valence-electron chi connectivity index (χ3n) is 5.64. The molecule has 0 aliphatic heterocycles. The van der Waals surface area contributed by atoms with Crippen LogP contribution in [0.25, 0.3) is 10.8 Å². The Hall–Kier alpha value is -4.03. The molecule has 34 heavy (non-hydrogen) atoms. The van der Waals surface area contributed by atoms with Crippen LogP contribution in [-0.4, -0.2) is 23.4 Å². The molecular weight excluding hydrogens is 426 g/mol. The summed E-state index contributed by atoms with van der Waals surface area (Å²) in [5.41, 5.74) is 9.36. The summed E-state index contributed by atoms with van der Waals surface area (Å²) in [4.78, 5) is 29.7. The Morgan fingerprint density at radius 2 is 1.82 bits per heavy atom. The maximum absolute atomic E-state index is 13.0. The van der Waals surface area contributed by atoms with Crippen LogP contribution < -0.4 is 11.1 Å². The largest absolute Gasteiger partial charge is 0.457 e. The summed E-state index contributed by atoms with van der Waals surface area (Å²) in [6.45, 7) is 1.41. The number of aryl methyl sites for hydroxylation is 2. The fourth-order valence-corrected chi connectivity index (χ4v) is 3.77. The molecule has 4 aromatic rings. The Kier molecular flexibility index (Phi) is 6.21. The molecule has 1 heterocycles. The van der Waals surface area contributed by atoms with Gasteiger partial charge in [-0.05, 0) is 60.2 Å². The molecule has 4 rings (SSSR count). The van der Waals surface area contributed by atoms with E-state index in [0.29, 0.717) is 22.4 Å². The van der Waals surface area contributed by atoms with Crippen LogP contribution in [0.5, 0.6) is 0 Å². The summed E-state index contributed by atoms with van der Waals surface area (Å²) in [5.74, 6) is -1.66. The summed E-state index contributed by atoms with van der Waals surface area (Å²) in [5, 5.41) is 4.82. The van der Waals surface area contributed by atoms with Gasteiger partial charge in [0.2, 0.25) is 5.91 Å². The molecule has 0 fully saturated rings. The van der Waals surface area contributed by atoms with Gasteiger partial charge < -0.3 is 15.8 Å². The molecule has 1 atom stereocenters. The van der Waals surface area contributed by atoms with Gasteiger partial charge in [-0.3, -0.25) is 9.78 Å². The van der Waals surface area contributed by atoms with Crippen molar-refractivity contribution >= 4 is 28.3 Å². The molecule has 1 amide bonds. The molecule has 0 bridgehead atoms. The van der Waals surface area contributed by atoms with Crippen molar-refractivity contribution in [2.24, 2.45) is 5.73 Å². The second-order valence-electron chi connectivity index (χ2n) is 8.15. The molecule has 6 heteroatoms. The van der Waals surface area contributed by atoms with Gasteiger partial charge in [-0.1, -0.05) is 48.0 Å². The summed E-state index contributed by atoms with van der Waals surface area (Å²) < 4.78 is 21.8. The maximum atomic E-state index is 13.0. The number of amides is 1. The molecule has 0 aliphatic rings. The summed E-state index contributed by atoms with van der Waals surface area (Å²) in [6.07, 6.45) is 3.44. The highest BCUT2D eigenvalue weighted by Gasteiger charge is 2.19. The van der Waals surface area contributed by atoms with Gasteiger partial charge in [-0.25, -0.2) is 4.79 Å². The molecule has 3 aromatic carbocycles. The van der Waals surface area contributed by atoms with Crippen molar-refractivity contribution in [2.75, 3.05) is 11.9 Å². The first-order chi connectivity index (χ1) is 17.2. The minimum absolute atomic E-state index is 0.0667. The van der Waals surface area contributed by atoms with Crippen LogP contribution >= 0.6 is 0 Å². The van der Waals surface area contributed by atoms with Gasteiger partial charge in [0.25, 0.3) is 0 Å². The standard InChI is InChI=1S/C28H27N3O3/c1-18-3-10-25(19(2)13-18)28(33)34-17-20-4-6-21(7-5-20)26(15-29)27(32)31-24-9-8-23-16-30-12-11-22(23)14-24/h3-14,16,26H,15,17,29H2,1-2H3,(H,31,32)/t26-/m1/s1/i17D2. The molecule has 0 saturated carbocycles. The van der Waals surface area contributed by atoms with E-state index in [0.717, 1.165) is 16.3 Å². The lowest BCUT2D eigenvalue weighted by Gasteiger charge is -2.16. The van der Waals surface area contributed by atoms with Gasteiger partial charge in [0.05, 0.1) is 14.2 Å². The Labute approximate surface area is 201 Å². The minimum atomic E-state index is -2.35. The second-order valence-corrected chi connectivity index (χ2v) is 8.15. The second kappa shape index (κ2) is 10.3. The van der Waals surface area contributed by atoms with E-state index in [-0.39, 0.29) is 18.0 Å². The predicted molar refractivity (Wildman–Crippen MR) is 134 cm³/mol. The average Bonchev–Trinajstić information content (AvgIpc) is 2.84.